The minimum Gasteiger partial charge on any atom is -1.00 e. The smallest absolute Gasteiger partial charge is 1.00 e. The van der Waals surface area contributed by atoms with Crippen molar-refractivity contribution in [3.8, 4) is 16.3 Å². The van der Waals surface area contributed by atoms with Crippen LogP contribution in [0.5, 0.6) is 5.75 Å². The number of hydrogen-bond donors (Lipinski definition) is 3. The van der Waals surface area contributed by atoms with Gasteiger partial charge in [-0.2, -0.15) is 0 Å². The molecule has 0 saturated carbocycles. The van der Waals surface area contributed by atoms with Gasteiger partial charge >= 0.3 is 1.43 Å². The van der Waals surface area contributed by atoms with Crippen molar-refractivity contribution in [2.75, 3.05) is 10.6 Å². The first-order chi connectivity index (χ1) is 11.0. The highest BCUT2D eigenvalue weighted by molar-refractivity contribution is 7.20. The molecule has 3 aromatic rings. The number of anilines is 3. The van der Waals surface area contributed by atoms with E-state index in [9.17, 15) is 9.90 Å². The fraction of sp³-hybridized carbons (Fsp3) is 0.133. The molecular formula is C15H15BrN4O2S2. The summed E-state index contributed by atoms with van der Waals surface area (Å²) in [6.45, 7) is 3.35. The van der Waals surface area contributed by atoms with Gasteiger partial charge < -0.3 is 32.7 Å². The number of nitrogens with zero attached hydrogens (tertiary/aromatic N) is 2. The van der Waals surface area contributed by atoms with E-state index in [2.05, 4.69) is 20.6 Å². The number of nitrogens with one attached hydrogen (secondary N) is 2. The maximum atomic E-state index is 11.1. The van der Waals surface area contributed by atoms with Crippen LogP contribution in [0.3, 0.4) is 0 Å². The molecule has 0 aliphatic carbocycles. The Labute approximate surface area is 158 Å². The van der Waals surface area contributed by atoms with Crippen molar-refractivity contribution in [2.45, 2.75) is 13.8 Å². The molecule has 1 amide bonds. The topological polar surface area (TPSA) is 87.1 Å². The number of carbonyl (C=O) groups is 1. The van der Waals surface area contributed by atoms with E-state index in [0.29, 0.717) is 5.13 Å². The molecule has 0 aliphatic rings. The Hall–Kier alpha value is -1.97. The van der Waals surface area contributed by atoms with Gasteiger partial charge in [-0.15, -0.1) is 11.3 Å². The van der Waals surface area contributed by atoms with Crippen LogP contribution in [0.25, 0.3) is 10.6 Å². The molecule has 0 aliphatic heterocycles. The van der Waals surface area contributed by atoms with Crippen LogP contribution in [0.15, 0.2) is 29.6 Å². The van der Waals surface area contributed by atoms with Gasteiger partial charge in [0.05, 0.1) is 16.3 Å². The molecule has 0 radical (unpaired) electrons. The van der Waals surface area contributed by atoms with Gasteiger partial charge in [-0.3, -0.25) is 4.79 Å². The lowest BCUT2D eigenvalue weighted by atomic mass is 10.3. The number of benzene rings is 1. The molecule has 126 valence electrons. The van der Waals surface area contributed by atoms with E-state index >= 15 is 0 Å². The fourth-order valence-electron chi connectivity index (χ4n) is 1.94. The van der Waals surface area contributed by atoms with Crippen LogP contribution in [0, 0.1) is 6.92 Å². The van der Waals surface area contributed by atoms with Crippen LogP contribution in [0.1, 0.15) is 14.0 Å². The lowest BCUT2D eigenvalue weighted by Gasteiger charge is -2.01. The third-order valence-electron chi connectivity index (χ3n) is 2.93. The van der Waals surface area contributed by atoms with Gasteiger partial charge in [-0.25, -0.2) is 9.97 Å². The molecule has 2 heterocycles. The van der Waals surface area contributed by atoms with Gasteiger partial charge in [-0.1, -0.05) is 11.3 Å². The standard InChI is InChI=1S/C15H14N4O2S2.BrH/c1-8-13(23-15(16-8)17-9(2)20)12-7-22-14(19-12)18-10-3-5-11(21)6-4-10;/h3-7,21H,1-2H3,(H,18,19)(H,16,17,20);1H. The number of carbonyl (C=O) groups excluding carboxylic acids is 1. The van der Waals surface area contributed by atoms with E-state index in [1.165, 1.54) is 29.6 Å². The number of thiazole rings is 2. The van der Waals surface area contributed by atoms with Gasteiger partial charge in [-0.05, 0) is 31.2 Å². The molecule has 1 aromatic carbocycles. The summed E-state index contributed by atoms with van der Waals surface area (Å²) in [5.74, 6) is 0.0828. The average Bonchev–Trinajstić information content (AvgIpc) is 3.07. The predicted octanol–water partition coefficient (Wildman–Crippen LogP) is 1.10. The molecule has 0 fully saturated rings. The zero-order valence-electron chi connectivity index (χ0n) is 13.8. The number of aryl methyl sites for hydroxylation is 1. The number of amides is 1. The Balaban J connectivity index is 0.00000156. The highest BCUT2D eigenvalue weighted by Gasteiger charge is 2.14. The second-order valence-electron chi connectivity index (χ2n) is 4.82. The summed E-state index contributed by atoms with van der Waals surface area (Å²) < 4.78 is 0. The van der Waals surface area contributed by atoms with E-state index in [1.807, 2.05) is 12.3 Å². The number of phenols is 1. The second kappa shape index (κ2) is 7.73. The van der Waals surface area contributed by atoms with Crippen molar-refractivity contribution in [3.05, 3.63) is 35.3 Å². The number of rotatable bonds is 4. The molecule has 0 atom stereocenters. The molecule has 3 rings (SSSR count). The summed E-state index contributed by atoms with van der Waals surface area (Å²) in [6.07, 6.45) is 0. The highest BCUT2D eigenvalue weighted by Crippen LogP contribution is 2.35. The third kappa shape index (κ3) is 4.31. The molecule has 3 N–H and O–H groups in total. The Morgan fingerprint density at radius 3 is 2.58 bits per heavy atom. The van der Waals surface area contributed by atoms with E-state index < -0.39 is 0 Å². The summed E-state index contributed by atoms with van der Waals surface area (Å²) >= 11 is 2.88. The number of aromatic nitrogens is 2. The Morgan fingerprint density at radius 2 is 1.92 bits per heavy atom. The summed E-state index contributed by atoms with van der Waals surface area (Å²) in [5.41, 5.74) is 2.51. The van der Waals surface area contributed by atoms with Crippen molar-refractivity contribution in [2.24, 2.45) is 0 Å². The maximum absolute atomic E-state index is 11.1. The highest BCUT2D eigenvalue weighted by atomic mass is 79.9. The molecule has 0 saturated heterocycles. The van der Waals surface area contributed by atoms with Crippen LogP contribution < -0.4 is 27.6 Å². The van der Waals surface area contributed by atoms with E-state index in [-0.39, 0.29) is 30.1 Å². The van der Waals surface area contributed by atoms with Gasteiger partial charge in [0.15, 0.2) is 10.3 Å². The van der Waals surface area contributed by atoms with Crippen molar-refractivity contribution >= 4 is 44.5 Å². The van der Waals surface area contributed by atoms with Gasteiger partial charge in [0.25, 0.3) is 0 Å². The first kappa shape index (κ1) is 18.4. The normalized spacial score (nSPS) is 10.1. The second-order valence-corrected chi connectivity index (χ2v) is 6.68. The fourth-order valence-corrected chi connectivity index (χ4v) is 3.71. The van der Waals surface area contributed by atoms with Crippen LogP contribution in [-0.2, 0) is 4.79 Å². The van der Waals surface area contributed by atoms with E-state index in [0.717, 1.165) is 27.1 Å². The number of aromatic hydroxyl groups is 1. The maximum Gasteiger partial charge on any atom is 1.00 e. The van der Waals surface area contributed by atoms with Gasteiger partial charge in [0.2, 0.25) is 5.91 Å². The van der Waals surface area contributed by atoms with Gasteiger partial charge in [0.1, 0.15) is 5.75 Å². The minimum absolute atomic E-state index is 0. The summed E-state index contributed by atoms with van der Waals surface area (Å²) in [5, 5.41) is 18.4. The first-order valence-electron chi connectivity index (χ1n) is 6.78. The predicted molar refractivity (Wildman–Crippen MR) is 94.8 cm³/mol. The van der Waals surface area contributed by atoms with Crippen molar-refractivity contribution < 1.29 is 28.3 Å². The quantitative estimate of drug-likeness (QED) is 0.543. The lowest BCUT2D eigenvalue weighted by Crippen LogP contribution is -3.00. The van der Waals surface area contributed by atoms with Crippen LogP contribution in [0.4, 0.5) is 16.0 Å². The monoisotopic (exact) mass is 426 g/mol. The van der Waals surface area contributed by atoms with E-state index in [1.54, 1.807) is 24.3 Å². The molecule has 6 nitrogen and oxygen atoms in total. The van der Waals surface area contributed by atoms with Gasteiger partial charge in [0, 0.05) is 18.0 Å². The summed E-state index contributed by atoms with van der Waals surface area (Å²) in [7, 11) is 0. The lowest BCUT2D eigenvalue weighted by molar-refractivity contribution is -0.114. The van der Waals surface area contributed by atoms with Crippen molar-refractivity contribution in [3.63, 3.8) is 0 Å². The van der Waals surface area contributed by atoms with Crippen LogP contribution in [0.2, 0.25) is 0 Å². The minimum atomic E-state index is -0.140. The van der Waals surface area contributed by atoms with Crippen LogP contribution >= 0.6 is 22.7 Å². The van der Waals surface area contributed by atoms with Crippen molar-refractivity contribution in [1.29, 1.82) is 0 Å². The SMILES string of the molecule is CC(=O)Nc1nc(C)c(-c2csc(Nc3ccc(O)cc3)n2)s1.[Br-].[H+]. The molecule has 2 aromatic heterocycles. The molecular weight excluding hydrogens is 412 g/mol. The molecule has 0 unspecified atom stereocenters. The molecule has 0 bridgehead atoms. The largest absolute Gasteiger partial charge is 1.00 e. The Bertz CT molecular complexity index is 852. The molecule has 24 heavy (non-hydrogen) atoms. The van der Waals surface area contributed by atoms with E-state index in [4.69, 9.17) is 0 Å². The Kier molecular flexibility index (Phi) is 5.92. The zero-order chi connectivity index (χ0) is 16.4. The average molecular weight is 427 g/mol. The summed E-state index contributed by atoms with van der Waals surface area (Å²) in [6, 6.07) is 6.79. The number of halogens is 1. The van der Waals surface area contributed by atoms with Crippen LogP contribution in [-0.4, -0.2) is 21.0 Å². The third-order valence-corrected chi connectivity index (χ3v) is 4.79. The number of phenolic OH excluding ortho intramolecular Hbond substituents is 1. The number of hydrogen-bond acceptors (Lipinski definition) is 7. The zero-order valence-corrected chi connectivity index (χ0v) is 16.1. The summed E-state index contributed by atoms with van der Waals surface area (Å²) in [4.78, 5) is 20.9. The molecule has 9 heteroatoms. The first-order valence-corrected chi connectivity index (χ1v) is 8.48. The van der Waals surface area contributed by atoms with Crippen molar-refractivity contribution in [1.82, 2.24) is 9.97 Å². The molecule has 0 spiro atoms. The Morgan fingerprint density at radius 1 is 1.21 bits per heavy atom.